The summed E-state index contributed by atoms with van der Waals surface area (Å²) in [4.78, 5) is 37.5. The van der Waals surface area contributed by atoms with E-state index < -0.39 is 5.97 Å². The van der Waals surface area contributed by atoms with Crippen LogP contribution in [0.4, 0.5) is 0 Å². The molecule has 2 aliphatic heterocycles. The normalized spacial score (nSPS) is 19.9. The summed E-state index contributed by atoms with van der Waals surface area (Å²) in [6.45, 7) is 1.47. The fourth-order valence-electron chi connectivity index (χ4n) is 4.63. The van der Waals surface area contributed by atoms with Crippen LogP contribution in [0.1, 0.15) is 36.4 Å². The van der Waals surface area contributed by atoms with Crippen LogP contribution in [-0.4, -0.2) is 34.4 Å². The number of aliphatic carboxylic acids is 1. The minimum Gasteiger partial charge on any atom is -0.550 e. The van der Waals surface area contributed by atoms with Gasteiger partial charge in [-0.3, -0.25) is 9.59 Å². The number of carboxylic acids is 1. The third kappa shape index (κ3) is 3.54. The minimum absolute atomic E-state index is 0.0370. The van der Waals surface area contributed by atoms with E-state index in [1.807, 2.05) is 12.1 Å². The highest BCUT2D eigenvalue weighted by Gasteiger charge is 2.37. The fraction of sp³-hybridized carbons (Fsp3) is 0.364. The second-order valence-electron chi connectivity index (χ2n) is 7.71. The molecule has 7 nitrogen and oxygen atoms in total. The highest BCUT2D eigenvalue weighted by atomic mass is 16.4. The molecule has 0 saturated carbocycles. The molecule has 2 aromatic rings. The van der Waals surface area contributed by atoms with E-state index in [4.69, 9.17) is 0 Å². The van der Waals surface area contributed by atoms with Crippen molar-refractivity contribution in [3.63, 3.8) is 0 Å². The maximum absolute atomic E-state index is 12.6. The molecule has 1 saturated heterocycles. The van der Waals surface area contributed by atoms with Crippen molar-refractivity contribution in [2.75, 3.05) is 13.1 Å². The Hall–Kier alpha value is -3.40. The van der Waals surface area contributed by atoms with E-state index in [9.17, 15) is 24.8 Å². The number of hydrogen-bond donors (Lipinski definition) is 0. The van der Waals surface area contributed by atoms with E-state index in [2.05, 4.69) is 6.07 Å². The summed E-state index contributed by atoms with van der Waals surface area (Å²) in [5.74, 6) is -1.32. The Labute approximate surface area is 167 Å². The van der Waals surface area contributed by atoms with Crippen molar-refractivity contribution in [3.05, 3.63) is 58.0 Å². The first-order valence-electron chi connectivity index (χ1n) is 9.68. The zero-order valence-electron chi connectivity index (χ0n) is 15.8. The first-order valence-corrected chi connectivity index (χ1v) is 9.68. The topological polar surface area (TPSA) is 106 Å². The first kappa shape index (κ1) is 18.9. The fourth-order valence-corrected chi connectivity index (χ4v) is 4.63. The minimum atomic E-state index is -1.23. The van der Waals surface area contributed by atoms with Crippen LogP contribution < -0.4 is 10.7 Å². The van der Waals surface area contributed by atoms with E-state index in [0.29, 0.717) is 25.2 Å². The van der Waals surface area contributed by atoms with E-state index >= 15 is 0 Å². The molecular weight excluding hydrogens is 370 g/mol. The Kier molecular flexibility index (Phi) is 4.93. The molecule has 4 rings (SSSR count). The highest BCUT2D eigenvalue weighted by molar-refractivity contribution is 5.80. The van der Waals surface area contributed by atoms with Crippen LogP contribution in [-0.2, 0) is 16.1 Å². The highest BCUT2D eigenvalue weighted by Crippen LogP contribution is 2.40. The van der Waals surface area contributed by atoms with Crippen molar-refractivity contribution >= 4 is 11.9 Å². The molecule has 0 N–H and O–H groups in total. The van der Waals surface area contributed by atoms with Gasteiger partial charge in [0.25, 0.3) is 5.56 Å². The maximum atomic E-state index is 12.6. The van der Waals surface area contributed by atoms with Gasteiger partial charge in [-0.1, -0.05) is 18.2 Å². The summed E-state index contributed by atoms with van der Waals surface area (Å²) in [5.41, 5.74) is 2.93. The number of fused-ring (bicyclic) bond motifs is 4. The summed E-state index contributed by atoms with van der Waals surface area (Å²) in [7, 11) is 0. The number of nitriles is 1. The Morgan fingerprint density at radius 1 is 1.07 bits per heavy atom. The van der Waals surface area contributed by atoms with Crippen LogP contribution in [0.2, 0.25) is 0 Å². The van der Waals surface area contributed by atoms with Crippen LogP contribution in [0.5, 0.6) is 0 Å². The van der Waals surface area contributed by atoms with E-state index in [-0.39, 0.29) is 36.1 Å². The molecular formula is C22H20N3O4-. The molecule has 2 atom stereocenters. The second-order valence-corrected chi connectivity index (χ2v) is 7.71. The Balaban J connectivity index is 1.73. The van der Waals surface area contributed by atoms with Crippen LogP contribution in [0.15, 0.2) is 41.2 Å². The van der Waals surface area contributed by atoms with Crippen molar-refractivity contribution in [2.45, 2.75) is 31.7 Å². The molecule has 0 unspecified atom stereocenters. The van der Waals surface area contributed by atoms with Gasteiger partial charge in [0.1, 0.15) is 0 Å². The predicted molar refractivity (Wildman–Crippen MR) is 103 cm³/mol. The quantitative estimate of drug-likeness (QED) is 0.770. The van der Waals surface area contributed by atoms with Crippen molar-refractivity contribution in [3.8, 4) is 17.2 Å². The molecule has 148 valence electrons. The van der Waals surface area contributed by atoms with Crippen molar-refractivity contribution in [2.24, 2.45) is 5.92 Å². The molecule has 3 heterocycles. The van der Waals surface area contributed by atoms with Crippen LogP contribution >= 0.6 is 0 Å². The molecule has 2 bridgehead atoms. The van der Waals surface area contributed by atoms with Gasteiger partial charge in [0.15, 0.2) is 0 Å². The largest absolute Gasteiger partial charge is 0.550 e. The van der Waals surface area contributed by atoms with Gasteiger partial charge >= 0.3 is 0 Å². The van der Waals surface area contributed by atoms with Crippen molar-refractivity contribution < 1.29 is 14.7 Å². The van der Waals surface area contributed by atoms with Crippen LogP contribution in [0.3, 0.4) is 0 Å². The van der Waals surface area contributed by atoms with Gasteiger partial charge < -0.3 is 19.4 Å². The van der Waals surface area contributed by atoms with Gasteiger partial charge in [-0.15, -0.1) is 0 Å². The molecule has 1 aromatic carbocycles. The second kappa shape index (κ2) is 7.55. The van der Waals surface area contributed by atoms with Gasteiger partial charge in [-0.25, -0.2) is 0 Å². The molecule has 0 aliphatic carbocycles. The standard InChI is InChI=1S/C22H21N3O4/c23-10-15-3-1-2-4-17(15)18-5-6-20(27)25-12-14-9-16(22(18)25)13-24(11-14)19(26)7-8-21(28)29/h1-6,14,16H,7-9,11-13H2,(H,28,29)/p-1/t14-,16+/m0/s1. The molecule has 0 spiro atoms. The van der Waals surface area contributed by atoms with Gasteiger partial charge in [-0.05, 0) is 30.9 Å². The number of aromatic nitrogens is 1. The first-order chi connectivity index (χ1) is 14.0. The summed E-state index contributed by atoms with van der Waals surface area (Å²) in [6, 6.07) is 12.8. The number of rotatable bonds is 4. The molecule has 0 radical (unpaired) electrons. The van der Waals surface area contributed by atoms with Gasteiger partial charge in [0.05, 0.1) is 11.6 Å². The summed E-state index contributed by atoms with van der Waals surface area (Å²) in [5, 5.41) is 20.2. The Bertz CT molecular complexity index is 1080. The number of amides is 1. The molecule has 1 aromatic heterocycles. The molecule has 1 fully saturated rings. The van der Waals surface area contributed by atoms with Gasteiger partial charge in [0, 0.05) is 60.8 Å². The maximum Gasteiger partial charge on any atom is 0.250 e. The molecule has 29 heavy (non-hydrogen) atoms. The van der Waals surface area contributed by atoms with E-state index in [0.717, 1.165) is 23.2 Å². The van der Waals surface area contributed by atoms with E-state index in [1.54, 1.807) is 27.7 Å². The van der Waals surface area contributed by atoms with Gasteiger partial charge in [-0.2, -0.15) is 5.26 Å². The van der Waals surface area contributed by atoms with Crippen LogP contribution in [0.25, 0.3) is 11.1 Å². The third-order valence-corrected chi connectivity index (χ3v) is 5.82. The van der Waals surface area contributed by atoms with Crippen molar-refractivity contribution in [1.82, 2.24) is 9.47 Å². The number of benzene rings is 1. The lowest BCUT2D eigenvalue weighted by atomic mass is 9.80. The molecule has 7 heteroatoms. The summed E-state index contributed by atoms with van der Waals surface area (Å²) in [6.07, 6.45) is 0.491. The number of carboxylic acid groups (broad SMARTS) is 1. The SMILES string of the molecule is N#Cc1ccccc1-c1ccc(=O)n2c1[C@@H]1C[C@@H](CN(C(=O)CCC(=O)[O-])C1)C2. The lowest BCUT2D eigenvalue weighted by molar-refractivity contribution is -0.305. The van der Waals surface area contributed by atoms with Crippen molar-refractivity contribution in [1.29, 1.82) is 5.26 Å². The zero-order valence-corrected chi connectivity index (χ0v) is 15.8. The number of carbonyl (C=O) groups is 2. The number of hydrogen-bond acceptors (Lipinski definition) is 5. The third-order valence-electron chi connectivity index (χ3n) is 5.82. The van der Waals surface area contributed by atoms with E-state index in [1.165, 1.54) is 6.07 Å². The lowest BCUT2D eigenvalue weighted by Gasteiger charge is -2.43. The monoisotopic (exact) mass is 390 g/mol. The van der Waals surface area contributed by atoms with Crippen LogP contribution in [0, 0.1) is 17.2 Å². The Morgan fingerprint density at radius 3 is 2.62 bits per heavy atom. The average molecular weight is 390 g/mol. The number of nitrogens with zero attached hydrogens (tertiary/aromatic N) is 3. The lowest BCUT2D eigenvalue weighted by Crippen LogP contribution is -2.49. The number of pyridine rings is 1. The Morgan fingerprint density at radius 2 is 1.86 bits per heavy atom. The zero-order chi connectivity index (χ0) is 20.5. The number of carbonyl (C=O) groups excluding carboxylic acids is 2. The predicted octanol–water partition coefficient (Wildman–Crippen LogP) is 0.863. The smallest absolute Gasteiger partial charge is 0.250 e. The van der Waals surface area contributed by atoms with Gasteiger partial charge in [0.2, 0.25) is 5.91 Å². The summed E-state index contributed by atoms with van der Waals surface area (Å²) < 4.78 is 1.78. The average Bonchev–Trinajstić information content (AvgIpc) is 2.72. The number of piperidine rings is 1. The summed E-state index contributed by atoms with van der Waals surface area (Å²) >= 11 is 0. The molecule has 1 amide bonds. The molecule has 2 aliphatic rings. The number of likely N-dealkylation sites (tertiary alicyclic amines) is 1.